The zero-order valence-corrected chi connectivity index (χ0v) is 24.2. The van der Waals surface area contributed by atoms with E-state index >= 15 is 0 Å². The van der Waals surface area contributed by atoms with Crippen molar-refractivity contribution in [3.63, 3.8) is 0 Å². The van der Waals surface area contributed by atoms with Crippen molar-refractivity contribution in [2.75, 3.05) is 4.90 Å². The fourth-order valence-corrected chi connectivity index (χ4v) is 6.39. The van der Waals surface area contributed by atoms with Gasteiger partial charge in [-0.3, -0.25) is 0 Å². The summed E-state index contributed by atoms with van der Waals surface area (Å²) in [6, 6.07) is 54.4. The molecule has 4 nitrogen and oxygen atoms in total. The van der Waals surface area contributed by atoms with E-state index in [1.165, 1.54) is 0 Å². The van der Waals surface area contributed by atoms with Gasteiger partial charge in [-0.15, -0.1) is 0 Å². The molecule has 0 bridgehead atoms. The van der Waals surface area contributed by atoms with Crippen molar-refractivity contribution in [1.82, 2.24) is 4.98 Å². The van der Waals surface area contributed by atoms with Crippen LogP contribution >= 0.6 is 0 Å². The largest absolute Gasteiger partial charge is 0.455 e. The third kappa shape index (κ3) is 4.19. The van der Waals surface area contributed by atoms with E-state index in [4.69, 9.17) is 13.8 Å². The molecule has 4 heteroatoms. The van der Waals surface area contributed by atoms with Gasteiger partial charge in [-0.1, -0.05) is 97.1 Å². The van der Waals surface area contributed by atoms with E-state index in [1.54, 1.807) is 0 Å². The Kier molecular flexibility index (Phi) is 5.78. The minimum Gasteiger partial charge on any atom is -0.455 e. The molecule has 0 radical (unpaired) electrons. The van der Waals surface area contributed by atoms with Gasteiger partial charge < -0.3 is 13.7 Å². The minimum atomic E-state index is 0.624. The van der Waals surface area contributed by atoms with Gasteiger partial charge in [-0.25, -0.2) is 4.98 Å². The van der Waals surface area contributed by atoms with Crippen LogP contribution in [-0.4, -0.2) is 4.98 Å². The van der Waals surface area contributed by atoms with Crippen molar-refractivity contribution < 1.29 is 8.83 Å². The first-order valence-electron chi connectivity index (χ1n) is 15.1. The quantitative estimate of drug-likeness (QED) is 0.204. The summed E-state index contributed by atoms with van der Waals surface area (Å²) in [5.41, 5.74) is 9.76. The zero-order chi connectivity index (χ0) is 29.7. The summed E-state index contributed by atoms with van der Waals surface area (Å²) in [6.07, 6.45) is 0. The van der Waals surface area contributed by atoms with Gasteiger partial charge >= 0.3 is 0 Å². The molecule has 0 N–H and O–H groups in total. The van der Waals surface area contributed by atoms with E-state index in [1.807, 2.05) is 48.5 Å². The Morgan fingerprint density at radius 2 is 1.09 bits per heavy atom. The highest BCUT2D eigenvalue weighted by Gasteiger charge is 2.19. The number of fused-ring (bicyclic) bond motifs is 6. The van der Waals surface area contributed by atoms with Gasteiger partial charge in [0.05, 0.1) is 5.69 Å². The maximum absolute atomic E-state index is 6.40. The maximum Gasteiger partial charge on any atom is 0.227 e. The average Bonchev–Trinajstić information content (AvgIpc) is 3.72. The molecule has 0 aliphatic heterocycles. The second-order valence-electron chi connectivity index (χ2n) is 11.2. The number of para-hydroxylation sites is 3. The lowest BCUT2D eigenvalue weighted by atomic mass is 10.0. The molecule has 0 fully saturated rings. The highest BCUT2D eigenvalue weighted by atomic mass is 16.3. The molecule has 7 aromatic carbocycles. The lowest BCUT2D eigenvalue weighted by Crippen LogP contribution is -2.10. The van der Waals surface area contributed by atoms with Crippen LogP contribution in [0, 0.1) is 0 Å². The minimum absolute atomic E-state index is 0.624. The summed E-state index contributed by atoms with van der Waals surface area (Å²) in [4.78, 5) is 7.11. The Hall–Kier alpha value is -6.13. The Balaban J connectivity index is 1.18. The van der Waals surface area contributed by atoms with Crippen LogP contribution < -0.4 is 4.90 Å². The number of hydrogen-bond donors (Lipinski definition) is 0. The second-order valence-corrected chi connectivity index (χ2v) is 11.2. The molecule has 0 saturated carbocycles. The van der Waals surface area contributed by atoms with Crippen molar-refractivity contribution in [3.8, 4) is 22.6 Å². The summed E-state index contributed by atoms with van der Waals surface area (Å²) < 4.78 is 12.7. The number of rotatable bonds is 5. The van der Waals surface area contributed by atoms with Gasteiger partial charge in [-0.05, 0) is 66.2 Å². The van der Waals surface area contributed by atoms with Gasteiger partial charge in [0.15, 0.2) is 5.58 Å². The number of hydrogen-bond acceptors (Lipinski definition) is 4. The molecule has 0 atom stereocenters. The summed E-state index contributed by atoms with van der Waals surface area (Å²) >= 11 is 0. The molecule has 0 spiro atoms. The first-order valence-corrected chi connectivity index (χ1v) is 15.1. The molecule has 0 aliphatic carbocycles. The van der Waals surface area contributed by atoms with Crippen LogP contribution in [0.15, 0.2) is 167 Å². The van der Waals surface area contributed by atoms with Crippen molar-refractivity contribution in [2.45, 2.75) is 0 Å². The van der Waals surface area contributed by atoms with E-state index in [0.717, 1.165) is 77.6 Å². The molecule has 0 aliphatic rings. The SMILES string of the molecule is c1ccc(-c2nc3ccc4c(N(c5ccccc5)c5ccc(-c6cccc7c6oc6ccccc67)cc5)cccc4c3o2)cc1. The number of nitrogens with zero attached hydrogens (tertiary/aromatic N) is 2. The van der Waals surface area contributed by atoms with Gasteiger partial charge in [0.1, 0.15) is 16.7 Å². The number of furan rings is 1. The van der Waals surface area contributed by atoms with Crippen LogP contribution in [0.1, 0.15) is 0 Å². The van der Waals surface area contributed by atoms with Crippen molar-refractivity contribution in [2.24, 2.45) is 0 Å². The van der Waals surface area contributed by atoms with Crippen molar-refractivity contribution in [3.05, 3.63) is 158 Å². The Bertz CT molecular complexity index is 2480. The zero-order valence-electron chi connectivity index (χ0n) is 24.2. The first-order chi connectivity index (χ1) is 22.3. The predicted octanol–water partition coefficient (Wildman–Crippen LogP) is 11.7. The Morgan fingerprint density at radius 3 is 1.91 bits per heavy atom. The van der Waals surface area contributed by atoms with Crippen LogP contribution in [0.2, 0.25) is 0 Å². The molecule has 0 saturated heterocycles. The molecule has 9 aromatic rings. The van der Waals surface area contributed by atoms with Crippen LogP contribution in [0.4, 0.5) is 17.1 Å². The third-order valence-corrected chi connectivity index (χ3v) is 8.51. The normalized spacial score (nSPS) is 11.6. The number of aromatic nitrogens is 1. The Morgan fingerprint density at radius 1 is 0.422 bits per heavy atom. The molecule has 9 rings (SSSR count). The Labute approximate surface area is 259 Å². The first kappa shape index (κ1) is 25.4. The molecule has 45 heavy (non-hydrogen) atoms. The fraction of sp³-hybridized carbons (Fsp3) is 0. The van der Waals surface area contributed by atoms with Gasteiger partial charge in [0.25, 0.3) is 0 Å². The number of anilines is 3. The van der Waals surface area contributed by atoms with E-state index in [0.29, 0.717) is 5.89 Å². The molecule has 212 valence electrons. The average molecular weight is 579 g/mol. The summed E-state index contributed by atoms with van der Waals surface area (Å²) in [5.74, 6) is 0.624. The smallest absolute Gasteiger partial charge is 0.227 e. The van der Waals surface area contributed by atoms with Crippen LogP contribution in [0.3, 0.4) is 0 Å². The number of benzene rings is 7. The van der Waals surface area contributed by atoms with Gasteiger partial charge in [0, 0.05) is 44.0 Å². The summed E-state index contributed by atoms with van der Waals surface area (Å²) in [7, 11) is 0. The molecule has 0 amide bonds. The van der Waals surface area contributed by atoms with Crippen molar-refractivity contribution >= 4 is 60.9 Å². The summed E-state index contributed by atoms with van der Waals surface area (Å²) in [6.45, 7) is 0. The molecule has 2 aromatic heterocycles. The van der Waals surface area contributed by atoms with Crippen LogP contribution in [0.25, 0.3) is 66.4 Å². The summed E-state index contributed by atoms with van der Waals surface area (Å²) in [5, 5.41) is 4.37. The fourth-order valence-electron chi connectivity index (χ4n) is 6.39. The highest BCUT2D eigenvalue weighted by molar-refractivity contribution is 6.11. The molecular formula is C41H26N2O2. The topological polar surface area (TPSA) is 42.4 Å². The van der Waals surface area contributed by atoms with E-state index < -0.39 is 0 Å². The highest BCUT2D eigenvalue weighted by Crippen LogP contribution is 2.42. The third-order valence-electron chi connectivity index (χ3n) is 8.51. The van der Waals surface area contributed by atoms with Crippen LogP contribution in [0.5, 0.6) is 0 Å². The van der Waals surface area contributed by atoms with Crippen LogP contribution in [-0.2, 0) is 0 Å². The standard InChI is InChI=1S/C41H26N2O2/c1-3-11-28(12-4-1)41-42-36-26-25-32-34(40(36)45-41)18-10-19-37(32)43(29-13-5-2-6-14-29)30-23-21-27(22-24-30)31-16-9-17-35-33-15-7-8-20-38(33)44-39(31)35/h1-26H. The van der Waals surface area contributed by atoms with E-state index in [9.17, 15) is 0 Å². The van der Waals surface area contributed by atoms with Gasteiger partial charge in [0.2, 0.25) is 5.89 Å². The molecule has 0 unspecified atom stereocenters. The lowest BCUT2D eigenvalue weighted by molar-refractivity contribution is 0.623. The van der Waals surface area contributed by atoms with Gasteiger partial charge in [-0.2, -0.15) is 0 Å². The second kappa shape index (κ2) is 10.2. The molecular weight excluding hydrogens is 552 g/mol. The molecule has 2 heterocycles. The van der Waals surface area contributed by atoms with E-state index in [2.05, 4.69) is 114 Å². The predicted molar refractivity (Wildman–Crippen MR) is 184 cm³/mol. The maximum atomic E-state index is 6.40. The van der Waals surface area contributed by atoms with Crippen molar-refractivity contribution in [1.29, 1.82) is 0 Å². The monoisotopic (exact) mass is 578 g/mol. The van der Waals surface area contributed by atoms with E-state index in [-0.39, 0.29) is 0 Å². The number of oxazole rings is 1. The lowest BCUT2D eigenvalue weighted by Gasteiger charge is -2.27.